The van der Waals surface area contributed by atoms with Gasteiger partial charge in [0.15, 0.2) is 0 Å². The first-order valence-electron chi connectivity index (χ1n) is 8.03. The van der Waals surface area contributed by atoms with Gasteiger partial charge in [-0.1, -0.05) is 26.0 Å². The molecule has 118 valence electrons. The Balaban J connectivity index is 2.10. The number of ether oxygens (including phenoxy) is 1. The number of nitrogens with two attached hydrogens (primary N) is 1. The van der Waals surface area contributed by atoms with Gasteiger partial charge in [0.1, 0.15) is 5.75 Å². The predicted molar refractivity (Wildman–Crippen MR) is 88.4 cm³/mol. The molecule has 0 radical (unpaired) electrons. The van der Waals surface area contributed by atoms with Crippen molar-refractivity contribution in [2.75, 3.05) is 20.7 Å². The molecule has 1 aromatic carbocycles. The van der Waals surface area contributed by atoms with Crippen molar-refractivity contribution in [3.63, 3.8) is 0 Å². The van der Waals surface area contributed by atoms with Crippen LogP contribution in [0.4, 0.5) is 0 Å². The third-order valence-electron chi connectivity index (χ3n) is 5.03. The molecule has 0 aromatic heterocycles. The fraction of sp³-hybridized carbons (Fsp3) is 0.667. The van der Waals surface area contributed by atoms with Crippen LogP contribution in [0.3, 0.4) is 0 Å². The fourth-order valence-corrected chi connectivity index (χ4v) is 4.04. The summed E-state index contributed by atoms with van der Waals surface area (Å²) in [6.07, 6.45) is 3.75. The van der Waals surface area contributed by atoms with Crippen LogP contribution in [0.2, 0.25) is 0 Å². The highest BCUT2D eigenvalue weighted by atomic mass is 16.5. The van der Waals surface area contributed by atoms with Crippen LogP contribution < -0.4 is 10.5 Å². The largest absolute Gasteiger partial charge is 0.497 e. The molecule has 3 nitrogen and oxygen atoms in total. The molecule has 3 heteroatoms. The molecule has 1 aromatic rings. The molecule has 0 bridgehead atoms. The average molecular weight is 290 g/mol. The zero-order valence-electron chi connectivity index (χ0n) is 13.9. The van der Waals surface area contributed by atoms with Gasteiger partial charge in [-0.05, 0) is 55.8 Å². The van der Waals surface area contributed by atoms with E-state index in [1.54, 1.807) is 7.11 Å². The van der Waals surface area contributed by atoms with Gasteiger partial charge in [-0.25, -0.2) is 0 Å². The molecule has 0 amide bonds. The van der Waals surface area contributed by atoms with E-state index in [1.807, 2.05) is 12.1 Å². The summed E-state index contributed by atoms with van der Waals surface area (Å²) >= 11 is 0. The monoisotopic (exact) mass is 290 g/mol. The quantitative estimate of drug-likeness (QED) is 0.904. The van der Waals surface area contributed by atoms with E-state index in [-0.39, 0.29) is 5.54 Å². The Morgan fingerprint density at radius 3 is 2.24 bits per heavy atom. The number of nitrogens with zero attached hydrogens (tertiary/aromatic N) is 1. The third-order valence-corrected chi connectivity index (χ3v) is 5.03. The van der Waals surface area contributed by atoms with Crippen LogP contribution in [0.15, 0.2) is 24.3 Å². The number of methoxy groups -OCH3 is 1. The fourth-order valence-electron chi connectivity index (χ4n) is 4.04. The summed E-state index contributed by atoms with van der Waals surface area (Å²) in [5.74, 6) is 2.43. The van der Waals surface area contributed by atoms with Crippen LogP contribution in [0, 0.1) is 11.8 Å². The molecular weight excluding hydrogens is 260 g/mol. The summed E-state index contributed by atoms with van der Waals surface area (Å²) in [5, 5.41) is 0. The molecule has 0 heterocycles. The van der Waals surface area contributed by atoms with E-state index in [4.69, 9.17) is 10.5 Å². The summed E-state index contributed by atoms with van der Waals surface area (Å²) < 4.78 is 5.23. The van der Waals surface area contributed by atoms with Crippen molar-refractivity contribution in [2.45, 2.75) is 45.2 Å². The third kappa shape index (κ3) is 3.78. The van der Waals surface area contributed by atoms with E-state index < -0.39 is 0 Å². The molecule has 0 aliphatic heterocycles. The minimum Gasteiger partial charge on any atom is -0.497 e. The Kier molecular flexibility index (Phi) is 5.28. The van der Waals surface area contributed by atoms with Crippen molar-refractivity contribution in [3.8, 4) is 5.75 Å². The van der Waals surface area contributed by atoms with Gasteiger partial charge in [-0.3, -0.25) is 4.90 Å². The zero-order chi connectivity index (χ0) is 15.5. The Morgan fingerprint density at radius 1 is 1.19 bits per heavy atom. The lowest BCUT2D eigenvalue weighted by atomic mass is 9.70. The minimum atomic E-state index is 0.150. The van der Waals surface area contributed by atoms with Gasteiger partial charge < -0.3 is 10.5 Å². The molecule has 2 atom stereocenters. The molecule has 0 saturated heterocycles. The molecule has 21 heavy (non-hydrogen) atoms. The summed E-state index contributed by atoms with van der Waals surface area (Å²) in [7, 11) is 3.93. The van der Waals surface area contributed by atoms with Crippen molar-refractivity contribution < 1.29 is 4.74 Å². The Bertz CT molecular complexity index is 433. The van der Waals surface area contributed by atoms with Crippen molar-refractivity contribution in [3.05, 3.63) is 29.8 Å². The van der Waals surface area contributed by atoms with Gasteiger partial charge in [0.05, 0.1) is 7.11 Å². The molecule has 2 rings (SSSR count). The van der Waals surface area contributed by atoms with Crippen LogP contribution in [-0.4, -0.2) is 31.1 Å². The standard InChI is InChI=1S/C18H30N2O/c1-14-9-15(2)11-18(10-14,13-19)20(3)12-16-5-7-17(21-4)8-6-16/h5-8,14-15H,9-13,19H2,1-4H3. The smallest absolute Gasteiger partial charge is 0.118 e. The maximum absolute atomic E-state index is 6.20. The van der Waals surface area contributed by atoms with Gasteiger partial charge in [0.25, 0.3) is 0 Å². The molecule has 2 unspecified atom stereocenters. The lowest BCUT2D eigenvalue weighted by Crippen LogP contribution is -2.55. The van der Waals surface area contributed by atoms with Gasteiger partial charge in [0, 0.05) is 18.6 Å². The van der Waals surface area contributed by atoms with E-state index in [0.717, 1.165) is 30.7 Å². The summed E-state index contributed by atoms with van der Waals surface area (Å²) in [5.41, 5.74) is 7.67. The lowest BCUT2D eigenvalue weighted by Gasteiger charge is -2.48. The zero-order valence-corrected chi connectivity index (χ0v) is 13.9. The van der Waals surface area contributed by atoms with E-state index in [0.29, 0.717) is 0 Å². The first-order chi connectivity index (χ1) is 9.99. The predicted octanol–water partition coefficient (Wildman–Crippen LogP) is 3.28. The second-order valence-corrected chi connectivity index (χ2v) is 6.99. The number of rotatable bonds is 5. The Labute approximate surface area is 129 Å². The summed E-state index contributed by atoms with van der Waals surface area (Å²) in [6.45, 7) is 6.41. The maximum Gasteiger partial charge on any atom is 0.118 e. The molecule has 1 aliphatic rings. The van der Waals surface area contributed by atoms with Gasteiger partial charge >= 0.3 is 0 Å². The normalized spacial score (nSPS) is 29.6. The van der Waals surface area contributed by atoms with E-state index in [9.17, 15) is 0 Å². The summed E-state index contributed by atoms with van der Waals surface area (Å²) in [6, 6.07) is 8.36. The highest BCUT2D eigenvalue weighted by molar-refractivity contribution is 5.27. The van der Waals surface area contributed by atoms with Gasteiger partial charge in [-0.15, -0.1) is 0 Å². The summed E-state index contributed by atoms with van der Waals surface area (Å²) in [4.78, 5) is 2.47. The van der Waals surface area contributed by atoms with Crippen molar-refractivity contribution >= 4 is 0 Å². The first kappa shape index (κ1) is 16.3. The minimum absolute atomic E-state index is 0.150. The van der Waals surface area contributed by atoms with Crippen molar-refractivity contribution in [1.29, 1.82) is 0 Å². The SMILES string of the molecule is COc1ccc(CN(C)C2(CN)CC(C)CC(C)C2)cc1. The number of hydrogen-bond donors (Lipinski definition) is 1. The molecule has 1 aliphatic carbocycles. The van der Waals surface area contributed by atoms with Crippen LogP contribution >= 0.6 is 0 Å². The van der Waals surface area contributed by atoms with Crippen LogP contribution in [-0.2, 0) is 6.54 Å². The second-order valence-electron chi connectivity index (χ2n) is 6.99. The van der Waals surface area contributed by atoms with E-state index in [1.165, 1.54) is 24.8 Å². The Hall–Kier alpha value is -1.06. The van der Waals surface area contributed by atoms with E-state index >= 15 is 0 Å². The highest BCUT2D eigenvalue weighted by Crippen LogP contribution is 2.39. The average Bonchev–Trinajstić information content (AvgIpc) is 2.46. The Morgan fingerprint density at radius 2 is 1.76 bits per heavy atom. The van der Waals surface area contributed by atoms with Crippen LogP contribution in [0.25, 0.3) is 0 Å². The number of hydrogen-bond acceptors (Lipinski definition) is 3. The number of likely N-dealkylation sites (N-methyl/N-ethyl adjacent to an activating group) is 1. The molecule has 2 N–H and O–H groups in total. The number of benzene rings is 1. The topological polar surface area (TPSA) is 38.5 Å². The van der Waals surface area contributed by atoms with Crippen molar-refractivity contribution in [1.82, 2.24) is 4.90 Å². The van der Waals surface area contributed by atoms with Crippen LogP contribution in [0.5, 0.6) is 5.75 Å². The van der Waals surface area contributed by atoms with Crippen molar-refractivity contribution in [2.24, 2.45) is 17.6 Å². The van der Waals surface area contributed by atoms with Gasteiger partial charge in [-0.2, -0.15) is 0 Å². The van der Waals surface area contributed by atoms with Crippen LogP contribution in [0.1, 0.15) is 38.7 Å². The first-order valence-corrected chi connectivity index (χ1v) is 8.03. The molecule has 1 fully saturated rings. The second kappa shape index (κ2) is 6.80. The molecule has 1 saturated carbocycles. The molecular formula is C18H30N2O. The molecule has 0 spiro atoms. The van der Waals surface area contributed by atoms with Gasteiger partial charge in [0.2, 0.25) is 0 Å². The maximum atomic E-state index is 6.20. The van der Waals surface area contributed by atoms with E-state index in [2.05, 4.69) is 37.9 Å². The highest BCUT2D eigenvalue weighted by Gasteiger charge is 2.39. The lowest BCUT2D eigenvalue weighted by molar-refractivity contribution is 0.0333.